The smallest absolute Gasteiger partial charge is 0.0743 e. The van der Waals surface area contributed by atoms with Gasteiger partial charge in [0.1, 0.15) is 0 Å². The monoisotopic (exact) mass is 188 g/mol. The summed E-state index contributed by atoms with van der Waals surface area (Å²) in [6.45, 7) is 5.14. The summed E-state index contributed by atoms with van der Waals surface area (Å²) in [5.41, 5.74) is -1.20. The zero-order valence-electron chi connectivity index (χ0n) is 8.55. The van der Waals surface area contributed by atoms with E-state index in [1.54, 1.807) is 0 Å². The normalized spacial score (nSPS) is 31.4. The quantitative estimate of drug-likeness (QED) is 0.678. The fourth-order valence-corrected chi connectivity index (χ4v) is 1.76. The van der Waals surface area contributed by atoms with Crippen molar-refractivity contribution in [3.8, 4) is 0 Å². The highest BCUT2D eigenvalue weighted by atomic mass is 16.5. The molecule has 0 radical (unpaired) electrons. The number of hydrogen-bond donors (Lipinski definition) is 2. The van der Waals surface area contributed by atoms with Crippen molar-refractivity contribution >= 4 is 0 Å². The van der Waals surface area contributed by atoms with Crippen LogP contribution in [0.1, 0.15) is 33.1 Å². The fraction of sp³-hybridized carbons (Fsp3) is 1.00. The molecule has 0 aromatic heterocycles. The topological polar surface area (TPSA) is 49.7 Å². The molecule has 3 heteroatoms. The van der Waals surface area contributed by atoms with Gasteiger partial charge in [0.15, 0.2) is 0 Å². The molecule has 0 bridgehead atoms. The Labute approximate surface area is 79.7 Å². The maximum Gasteiger partial charge on any atom is 0.0743 e. The lowest BCUT2D eigenvalue weighted by atomic mass is 9.71. The summed E-state index contributed by atoms with van der Waals surface area (Å²) in [5.74, 6) is 0. The Kier molecular flexibility index (Phi) is 3.33. The Morgan fingerprint density at radius 2 is 2.00 bits per heavy atom. The van der Waals surface area contributed by atoms with Crippen molar-refractivity contribution in [3.63, 3.8) is 0 Å². The van der Waals surface area contributed by atoms with Gasteiger partial charge >= 0.3 is 0 Å². The average Bonchev–Trinajstić information content (AvgIpc) is 2.31. The van der Waals surface area contributed by atoms with E-state index in [9.17, 15) is 10.2 Å². The molecule has 1 saturated heterocycles. The first-order chi connectivity index (χ1) is 6.02. The molecule has 1 unspecified atom stereocenters. The Morgan fingerprint density at radius 1 is 1.31 bits per heavy atom. The van der Waals surface area contributed by atoms with Crippen LogP contribution >= 0.6 is 0 Å². The molecule has 0 amide bonds. The predicted octanol–water partition coefficient (Wildman–Crippen LogP) is 0.936. The maximum absolute atomic E-state index is 10.3. The summed E-state index contributed by atoms with van der Waals surface area (Å²) in [6.07, 6.45) is 2.22. The molecule has 1 atom stereocenters. The van der Waals surface area contributed by atoms with Gasteiger partial charge in [-0.25, -0.2) is 0 Å². The van der Waals surface area contributed by atoms with Crippen molar-refractivity contribution < 1.29 is 14.9 Å². The summed E-state index contributed by atoms with van der Waals surface area (Å²) >= 11 is 0. The van der Waals surface area contributed by atoms with Gasteiger partial charge in [0.05, 0.1) is 12.2 Å². The standard InChI is InChI=1S/C10H20O3/c1-9(2,8-11)10(12)4-3-6-13-7-5-10/h11-12H,3-8H2,1-2H3. The summed E-state index contributed by atoms with van der Waals surface area (Å²) < 4.78 is 5.29. The van der Waals surface area contributed by atoms with E-state index in [1.165, 1.54) is 0 Å². The molecule has 3 nitrogen and oxygen atoms in total. The summed E-state index contributed by atoms with van der Waals surface area (Å²) in [5, 5.41) is 19.5. The highest BCUT2D eigenvalue weighted by molar-refractivity contribution is 4.93. The van der Waals surface area contributed by atoms with E-state index >= 15 is 0 Å². The minimum Gasteiger partial charge on any atom is -0.396 e. The molecular weight excluding hydrogens is 168 g/mol. The van der Waals surface area contributed by atoms with Gasteiger partial charge in [0, 0.05) is 25.0 Å². The highest BCUT2D eigenvalue weighted by Crippen LogP contribution is 2.38. The molecule has 1 aliphatic heterocycles. The number of hydrogen-bond acceptors (Lipinski definition) is 3. The molecule has 1 fully saturated rings. The van der Waals surface area contributed by atoms with Crippen LogP contribution in [0.2, 0.25) is 0 Å². The summed E-state index contributed by atoms with van der Waals surface area (Å²) in [6, 6.07) is 0. The van der Waals surface area contributed by atoms with E-state index in [1.807, 2.05) is 13.8 Å². The Morgan fingerprint density at radius 3 is 2.62 bits per heavy atom. The average molecular weight is 188 g/mol. The number of aliphatic hydroxyl groups excluding tert-OH is 1. The first-order valence-electron chi connectivity index (χ1n) is 4.93. The first-order valence-corrected chi connectivity index (χ1v) is 4.93. The molecule has 0 aromatic carbocycles. The van der Waals surface area contributed by atoms with Gasteiger partial charge < -0.3 is 14.9 Å². The van der Waals surface area contributed by atoms with Crippen LogP contribution in [0.5, 0.6) is 0 Å². The van der Waals surface area contributed by atoms with Crippen LogP contribution in [-0.4, -0.2) is 35.6 Å². The molecule has 1 aliphatic rings. The second-order valence-electron chi connectivity index (χ2n) is 4.54. The second kappa shape index (κ2) is 3.95. The molecule has 78 valence electrons. The first kappa shape index (κ1) is 11.0. The maximum atomic E-state index is 10.3. The zero-order chi connectivity index (χ0) is 9.95. The van der Waals surface area contributed by atoms with Gasteiger partial charge in [-0.15, -0.1) is 0 Å². The molecule has 0 aliphatic carbocycles. The minimum atomic E-state index is -0.766. The largest absolute Gasteiger partial charge is 0.396 e. The van der Waals surface area contributed by atoms with Gasteiger partial charge in [-0.2, -0.15) is 0 Å². The highest BCUT2D eigenvalue weighted by Gasteiger charge is 2.42. The number of aliphatic hydroxyl groups is 2. The van der Waals surface area contributed by atoms with Crippen LogP contribution in [0.4, 0.5) is 0 Å². The van der Waals surface area contributed by atoms with Crippen LogP contribution in [0.25, 0.3) is 0 Å². The molecule has 0 aromatic rings. The van der Waals surface area contributed by atoms with E-state index in [4.69, 9.17) is 4.74 Å². The molecular formula is C10H20O3. The lowest BCUT2D eigenvalue weighted by molar-refractivity contribution is -0.101. The Bertz CT molecular complexity index is 158. The Hall–Kier alpha value is -0.120. The number of rotatable bonds is 2. The second-order valence-corrected chi connectivity index (χ2v) is 4.54. The van der Waals surface area contributed by atoms with E-state index in [0.717, 1.165) is 19.4 Å². The molecule has 1 rings (SSSR count). The third-order valence-electron chi connectivity index (χ3n) is 3.19. The SMILES string of the molecule is CC(C)(CO)C1(O)CCCOCC1. The third-order valence-corrected chi connectivity index (χ3v) is 3.19. The molecule has 0 saturated carbocycles. The zero-order valence-corrected chi connectivity index (χ0v) is 8.55. The molecule has 1 heterocycles. The molecule has 13 heavy (non-hydrogen) atoms. The van der Waals surface area contributed by atoms with Gasteiger partial charge in [-0.3, -0.25) is 0 Å². The predicted molar refractivity (Wildman–Crippen MR) is 50.5 cm³/mol. The van der Waals surface area contributed by atoms with Crippen LogP contribution in [-0.2, 0) is 4.74 Å². The lowest BCUT2D eigenvalue weighted by Gasteiger charge is -2.40. The number of ether oxygens (including phenoxy) is 1. The van der Waals surface area contributed by atoms with Gasteiger partial charge in [0.25, 0.3) is 0 Å². The lowest BCUT2D eigenvalue weighted by Crippen LogP contribution is -2.47. The van der Waals surface area contributed by atoms with Gasteiger partial charge in [0.2, 0.25) is 0 Å². The van der Waals surface area contributed by atoms with Crippen molar-refractivity contribution in [1.82, 2.24) is 0 Å². The summed E-state index contributed by atoms with van der Waals surface area (Å²) in [4.78, 5) is 0. The van der Waals surface area contributed by atoms with Crippen LogP contribution in [0.3, 0.4) is 0 Å². The van der Waals surface area contributed by atoms with Crippen molar-refractivity contribution in [2.45, 2.75) is 38.7 Å². The minimum absolute atomic E-state index is 0.0174. The van der Waals surface area contributed by atoms with E-state index < -0.39 is 11.0 Å². The molecule has 2 N–H and O–H groups in total. The van der Waals surface area contributed by atoms with Crippen molar-refractivity contribution in [1.29, 1.82) is 0 Å². The van der Waals surface area contributed by atoms with Gasteiger partial charge in [-0.1, -0.05) is 13.8 Å². The van der Waals surface area contributed by atoms with Crippen LogP contribution in [0, 0.1) is 5.41 Å². The van der Waals surface area contributed by atoms with Crippen molar-refractivity contribution in [2.24, 2.45) is 5.41 Å². The summed E-state index contributed by atoms with van der Waals surface area (Å²) in [7, 11) is 0. The van der Waals surface area contributed by atoms with Crippen molar-refractivity contribution in [2.75, 3.05) is 19.8 Å². The van der Waals surface area contributed by atoms with E-state index in [-0.39, 0.29) is 6.61 Å². The fourth-order valence-electron chi connectivity index (χ4n) is 1.76. The van der Waals surface area contributed by atoms with Crippen LogP contribution < -0.4 is 0 Å². The van der Waals surface area contributed by atoms with Gasteiger partial charge in [-0.05, 0) is 12.8 Å². The Balaban J connectivity index is 2.71. The molecule has 0 spiro atoms. The van der Waals surface area contributed by atoms with E-state index in [0.29, 0.717) is 13.0 Å². The third kappa shape index (κ3) is 2.22. The van der Waals surface area contributed by atoms with E-state index in [2.05, 4.69) is 0 Å². The van der Waals surface area contributed by atoms with Crippen molar-refractivity contribution in [3.05, 3.63) is 0 Å². The van der Waals surface area contributed by atoms with Crippen LogP contribution in [0.15, 0.2) is 0 Å².